The maximum Gasteiger partial charge on any atom is 0.231 e. The first-order chi connectivity index (χ1) is 14.4. The van der Waals surface area contributed by atoms with E-state index in [0.717, 1.165) is 51.9 Å². The van der Waals surface area contributed by atoms with Crippen molar-refractivity contribution in [2.75, 3.05) is 6.26 Å². The lowest BCUT2D eigenvalue weighted by molar-refractivity contribution is 0.447. The molecule has 5 heteroatoms. The first kappa shape index (κ1) is 20.6. The number of nitrogens with zero attached hydrogens (tertiary/aromatic N) is 2. The Hall–Kier alpha value is -2.63. The summed E-state index contributed by atoms with van der Waals surface area (Å²) < 4.78 is 6.34. The van der Waals surface area contributed by atoms with Gasteiger partial charge in [-0.3, -0.25) is 0 Å². The average Bonchev–Trinajstić information content (AvgIpc) is 3.14. The molecule has 0 saturated heterocycles. The van der Waals surface area contributed by atoms with Crippen LogP contribution in [0.5, 0.6) is 0 Å². The molecule has 1 unspecified atom stereocenters. The molecule has 30 heavy (non-hydrogen) atoms. The molecule has 0 aliphatic rings. The number of hydrogen-bond donors (Lipinski definition) is 1. The Morgan fingerprint density at radius 3 is 2.33 bits per heavy atom. The number of benzene rings is 2. The summed E-state index contributed by atoms with van der Waals surface area (Å²) in [5.41, 5.74) is 12.0. The Balaban J connectivity index is 1.91. The van der Waals surface area contributed by atoms with Gasteiger partial charge in [-0.15, -0.1) is 0 Å². The summed E-state index contributed by atoms with van der Waals surface area (Å²) in [4.78, 5) is 9.29. The maximum absolute atomic E-state index is 6.53. The van der Waals surface area contributed by atoms with Crippen LogP contribution in [0, 0.1) is 6.92 Å². The molecule has 0 aliphatic carbocycles. The van der Waals surface area contributed by atoms with Gasteiger partial charge in [0.15, 0.2) is 5.16 Å². The summed E-state index contributed by atoms with van der Waals surface area (Å²) in [7, 11) is 0. The molecular weight excluding hydrogens is 390 g/mol. The van der Waals surface area contributed by atoms with Crippen LogP contribution in [0.15, 0.2) is 64.2 Å². The molecule has 4 aromatic rings. The van der Waals surface area contributed by atoms with Gasteiger partial charge in [0.1, 0.15) is 5.76 Å². The highest BCUT2D eigenvalue weighted by Gasteiger charge is 2.23. The Bertz CT molecular complexity index is 1160. The number of nitrogens with two attached hydrogens (primary N) is 1. The monoisotopic (exact) mass is 417 g/mol. The topological polar surface area (TPSA) is 64.9 Å². The number of thioether (sulfide) groups is 1. The van der Waals surface area contributed by atoms with Gasteiger partial charge in [0.05, 0.1) is 11.1 Å². The van der Waals surface area contributed by atoms with Crippen molar-refractivity contribution < 1.29 is 4.42 Å². The molecule has 1 atom stereocenters. The fourth-order valence-electron chi connectivity index (χ4n) is 3.99. The molecule has 0 bridgehead atoms. The van der Waals surface area contributed by atoms with Gasteiger partial charge >= 0.3 is 0 Å². The molecule has 0 radical (unpaired) electrons. The normalized spacial score (nSPS) is 13.5. The maximum atomic E-state index is 6.53. The Kier molecular flexibility index (Phi) is 5.67. The third-order valence-electron chi connectivity index (χ3n) is 5.53. The van der Waals surface area contributed by atoms with Crippen molar-refractivity contribution in [3.05, 3.63) is 65.9 Å². The molecule has 0 fully saturated rings. The largest absolute Gasteiger partial charge is 0.437 e. The molecule has 0 amide bonds. The Morgan fingerprint density at radius 1 is 1.00 bits per heavy atom. The van der Waals surface area contributed by atoms with Crippen LogP contribution in [-0.4, -0.2) is 16.2 Å². The van der Waals surface area contributed by atoms with E-state index >= 15 is 0 Å². The van der Waals surface area contributed by atoms with Gasteiger partial charge in [0, 0.05) is 16.7 Å². The number of rotatable bonds is 6. The summed E-state index contributed by atoms with van der Waals surface area (Å²) >= 11 is 1.52. The van der Waals surface area contributed by atoms with E-state index in [1.54, 1.807) is 0 Å². The zero-order chi connectivity index (χ0) is 21.3. The lowest BCUT2D eigenvalue weighted by atomic mass is 9.88. The predicted octanol–water partition coefficient (Wildman–Crippen LogP) is 6.56. The third kappa shape index (κ3) is 3.75. The van der Waals surface area contributed by atoms with Gasteiger partial charge in [-0.2, -0.15) is 4.98 Å². The Morgan fingerprint density at radius 2 is 1.70 bits per heavy atom. The minimum absolute atomic E-state index is 0.335. The molecular formula is C25H27N3OS. The molecule has 2 N–H and O–H groups in total. The summed E-state index contributed by atoms with van der Waals surface area (Å²) in [6.07, 6.45) is 3.96. The molecule has 4 rings (SSSR count). The molecule has 0 aliphatic heterocycles. The first-order valence-corrected chi connectivity index (χ1v) is 11.5. The molecule has 4 nitrogen and oxygen atoms in total. The lowest BCUT2D eigenvalue weighted by Gasteiger charge is -2.24. The van der Waals surface area contributed by atoms with Crippen LogP contribution in [0.4, 0.5) is 0 Å². The number of aryl methyl sites for hydroxylation is 1. The number of aromatic nitrogens is 2. The van der Waals surface area contributed by atoms with Crippen LogP contribution >= 0.6 is 11.8 Å². The van der Waals surface area contributed by atoms with Crippen molar-refractivity contribution in [2.45, 2.75) is 44.3 Å². The fourth-order valence-corrected chi connectivity index (χ4v) is 4.39. The quantitative estimate of drug-likeness (QED) is 0.284. The van der Waals surface area contributed by atoms with Crippen molar-refractivity contribution in [1.82, 2.24) is 9.97 Å². The predicted molar refractivity (Wildman–Crippen MR) is 126 cm³/mol. The van der Waals surface area contributed by atoms with Crippen LogP contribution < -0.4 is 5.73 Å². The second-order valence-corrected chi connectivity index (χ2v) is 8.67. The van der Waals surface area contributed by atoms with Gasteiger partial charge in [-0.1, -0.05) is 79.7 Å². The van der Waals surface area contributed by atoms with Gasteiger partial charge in [0.25, 0.3) is 0 Å². The van der Waals surface area contributed by atoms with Crippen molar-refractivity contribution in [2.24, 2.45) is 5.73 Å². The van der Waals surface area contributed by atoms with Crippen molar-refractivity contribution in [3.8, 4) is 22.5 Å². The van der Waals surface area contributed by atoms with E-state index in [1.807, 2.05) is 31.4 Å². The minimum atomic E-state index is -0.335. The average molecular weight is 418 g/mol. The van der Waals surface area contributed by atoms with E-state index in [1.165, 1.54) is 11.8 Å². The molecule has 2 heterocycles. The van der Waals surface area contributed by atoms with Gasteiger partial charge < -0.3 is 10.2 Å². The van der Waals surface area contributed by atoms with E-state index in [4.69, 9.17) is 10.2 Å². The third-order valence-corrected chi connectivity index (χ3v) is 6.08. The number of hydrogen-bond acceptors (Lipinski definition) is 5. The second kappa shape index (κ2) is 8.25. The summed E-state index contributed by atoms with van der Waals surface area (Å²) in [5, 5.41) is 1.68. The van der Waals surface area contributed by atoms with Crippen molar-refractivity contribution in [1.29, 1.82) is 0 Å². The highest BCUT2D eigenvalue weighted by atomic mass is 32.2. The summed E-state index contributed by atoms with van der Waals surface area (Å²) in [5.74, 6) is 0.813. The Labute approximate surface area is 181 Å². The van der Waals surface area contributed by atoms with E-state index in [2.05, 4.69) is 60.2 Å². The molecule has 2 aromatic carbocycles. The van der Waals surface area contributed by atoms with E-state index in [9.17, 15) is 0 Å². The lowest BCUT2D eigenvalue weighted by Crippen LogP contribution is -2.32. The molecule has 2 aromatic heterocycles. The first-order valence-electron chi connectivity index (χ1n) is 10.2. The van der Waals surface area contributed by atoms with Crippen LogP contribution in [0.2, 0.25) is 0 Å². The standard InChI is InChI=1S/C25H27N3OS/c1-5-15-25(3,26)19-13-11-18(12-14-19)22-21(17-9-7-6-8-10-17)20-16(2)27-24(30-4)28-23(20)29-22/h6-14H,5,15,26H2,1-4H3. The van der Waals surface area contributed by atoms with Gasteiger partial charge in [-0.05, 0) is 37.7 Å². The number of fused-ring (bicyclic) bond motifs is 1. The van der Waals surface area contributed by atoms with E-state index < -0.39 is 0 Å². The summed E-state index contributed by atoms with van der Waals surface area (Å²) in [6.45, 7) is 6.26. The van der Waals surface area contributed by atoms with E-state index in [0.29, 0.717) is 10.9 Å². The minimum Gasteiger partial charge on any atom is -0.437 e. The van der Waals surface area contributed by atoms with E-state index in [-0.39, 0.29) is 5.54 Å². The fraction of sp³-hybridized carbons (Fsp3) is 0.280. The van der Waals surface area contributed by atoms with Gasteiger partial charge in [-0.25, -0.2) is 4.98 Å². The highest BCUT2D eigenvalue weighted by Crippen LogP contribution is 2.42. The zero-order valence-electron chi connectivity index (χ0n) is 17.9. The zero-order valence-corrected chi connectivity index (χ0v) is 18.7. The van der Waals surface area contributed by atoms with Crippen LogP contribution in [0.3, 0.4) is 0 Å². The molecule has 154 valence electrons. The van der Waals surface area contributed by atoms with Crippen LogP contribution in [0.1, 0.15) is 37.9 Å². The van der Waals surface area contributed by atoms with Crippen molar-refractivity contribution >= 4 is 22.9 Å². The van der Waals surface area contributed by atoms with Crippen LogP contribution in [0.25, 0.3) is 33.6 Å². The number of furan rings is 1. The van der Waals surface area contributed by atoms with Gasteiger partial charge in [0.2, 0.25) is 5.71 Å². The summed E-state index contributed by atoms with van der Waals surface area (Å²) in [6, 6.07) is 18.7. The van der Waals surface area contributed by atoms with Crippen molar-refractivity contribution in [3.63, 3.8) is 0 Å². The molecule has 0 saturated carbocycles. The molecule has 0 spiro atoms. The SMILES string of the molecule is CCCC(C)(N)c1ccc(-c2oc3nc(SC)nc(C)c3c2-c2ccccc2)cc1. The smallest absolute Gasteiger partial charge is 0.231 e. The highest BCUT2D eigenvalue weighted by molar-refractivity contribution is 7.98. The van der Waals surface area contributed by atoms with Crippen LogP contribution in [-0.2, 0) is 5.54 Å². The second-order valence-electron chi connectivity index (χ2n) is 7.89.